The Hall–Kier alpha value is -1.93. The van der Waals surface area contributed by atoms with Crippen LogP contribution in [0.25, 0.3) is 0 Å². The summed E-state index contributed by atoms with van der Waals surface area (Å²) < 4.78 is 27.4. The average molecular weight is 408 g/mol. The molecule has 1 heterocycles. The van der Waals surface area contributed by atoms with Crippen molar-refractivity contribution >= 4 is 33.2 Å². The second-order valence-corrected chi connectivity index (χ2v) is 8.89. The molecule has 0 aromatic heterocycles. The molecule has 27 heavy (non-hydrogen) atoms. The SMILES string of the molecule is CN1CCN(S(=O)(=O)c2ccc(Cl)c(C(=O)N(C)c3ccccc3)c2)CC1. The molecule has 2 aromatic rings. The van der Waals surface area contributed by atoms with Crippen LogP contribution < -0.4 is 4.90 Å². The number of rotatable bonds is 4. The molecule has 0 N–H and O–H groups in total. The Kier molecular flexibility index (Phi) is 5.86. The number of halogens is 1. The summed E-state index contributed by atoms with van der Waals surface area (Å²) in [5, 5.41) is 0.222. The zero-order valence-electron chi connectivity index (χ0n) is 15.3. The molecule has 3 rings (SSSR count). The Balaban J connectivity index is 1.91. The van der Waals surface area contributed by atoms with Gasteiger partial charge in [-0.2, -0.15) is 4.31 Å². The maximum absolute atomic E-state index is 13.0. The van der Waals surface area contributed by atoms with Gasteiger partial charge in [-0.05, 0) is 37.4 Å². The Labute approximate surface area is 165 Å². The van der Waals surface area contributed by atoms with Crippen LogP contribution in [0.5, 0.6) is 0 Å². The summed E-state index contributed by atoms with van der Waals surface area (Å²) in [5.41, 5.74) is 0.865. The van der Waals surface area contributed by atoms with Crippen LogP contribution in [0.4, 0.5) is 5.69 Å². The highest BCUT2D eigenvalue weighted by atomic mass is 35.5. The van der Waals surface area contributed by atoms with E-state index < -0.39 is 10.0 Å². The van der Waals surface area contributed by atoms with Crippen molar-refractivity contribution in [2.75, 3.05) is 45.2 Å². The lowest BCUT2D eigenvalue weighted by molar-refractivity contribution is 0.0993. The summed E-state index contributed by atoms with van der Waals surface area (Å²) in [6.07, 6.45) is 0. The molecule has 1 saturated heterocycles. The summed E-state index contributed by atoms with van der Waals surface area (Å²) in [6.45, 7) is 2.20. The van der Waals surface area contributed by atoms with Crippen molar-refractivity contribution in [1.82, 2.24) is 9.21 Å². The van der Waals surface area contributed by atoms with Gasteiger partial charge in [0.1, 0.15) is 0 Å². The van der Waals surface area contributed by atoms with E-state index in [9.17, 15) is 13.2 Å². The number of amides is 1. The molecule has 1 amide bonds. The summed E-state index contributed by atoms with van der Waals surface area (Å²) in [4.78, 5) is 16.5. The molecule has 2 aromatic carbocycles. The summed E-state index contributed by atoms with van der Waals surface area (Å²) in [5.74, 6) is -0.360. The first-order valence-corrected chi connectivity index (χ1v) is 10.4. The van der Waals surface area contributed by atoms with Gasteiger partial charge in [0.2, 0.25) is 10.0 Å². The minimum Gasteiger partial charge on any atom is -0.311 e. The van der Waals surface area contributed by atoms with E-state index in [4.69, 9.17) is 11.6 Å². The third-order valence-corrected chi connectivity index (χ3v) is 6.94. The molecule has 0 spiro atoms. The maximum atomic E-state index is 13.0. The van der Waals surface area contributed by atoms with E-state index in [-0.39, 0.29) is 21.4 Å². The third kappa shape index (κ3) is 4.16. The minimum absolute atomic E-state index is 0.0845. The smallest absolute Gasteiger partial charge is 0.259 e. The highest BCUT2D eigenvalue weighted by Crippen LogP contribution is 2.26. The fourth-order valence-electron chi connectivity index (χ4n) is 2.96. The Morgan fingerprint density at radius 2 is 1.67 bits per heavy atom. The number of sulfonamides is 1. The lowest BCUT2D eigenvalue weighted by Crippen LogP contribution is -2.47. The molecule has 8 heteroatoms. The van der Waals surface area contributed by atoms with Crippen LogP contribution in [-0.2, 0) is 10.0 Å². The van der Waals surface area contributed by atoms with Gasteiger partial charge in [0, 0.05) is 38.9 Å². The van der Waals surface area contributed by atoms with E-state index in [0.29, 0.717) is 31.9 Å². The molecule has 1 aliphatic rings. The lowest BCUT2D eigenvalue weighted by atomic mass is 10.2. The van der Waals surface area contributed by atoms with Crippen LogP contribution >= 0.6 is 11.6 Å². The van der Waals surface area contributed by atoms with E-state index in [1.165, 1.54) is 27.4 Å². The van der Waals surface area contributed by atoms with Crippen molar-refractivity contribution in [3.05, 3.63) is 59.1 Å². The van der Waals surface area contributed by atoms with Crippen molar-refractivity contribution in [3.8, 4) is 0 Å². The second kappa shape index (κ2) is 7.98. The zero-order valence-corrected chi connectivity index (χ0v) is 16.9. The van der Waals surface area contributed by atoms with E-state index in [2.05, 4.69) is 4.90 Å². The molecular weight excluding hydrogens is 386 g/mol. The molecule has 0 radical (unpaired) electrons. The van der Waals surface area contributed by atoms with Crippen LogP contribution in [0.2, 0.25) is 5.02 Å². The molecule has 0 atom stereocenters. The lowest BCUT2D eigenvalue weighted by Gasteiger charge is -2.31. The highest BCUT2D eigenvalue weighted by molar-refractivity contribution is 7.89. The molecule has 0 unspecified atom stereocenters. The average Bonchev–Trinajstić information content (AvgIpc) is 2.68. The molecule has 0 bridgehead atoms. The summed E-state index contributed by atoms with van der Waals surface area (Å²) in [7, 11) is -0.0760. The van der Waals surface area contributed by atoms with Gasteiger partial charge in [0.15, 0.2) is 0 Å². The van der Waals surface area contributed by atoms with Crippen LogP contribution in [0.1, 0.15) is 10.4 Å². The number of nitrogens with zero attached hydrogens (tertiary/aromatic N) is 3. The Bertz CT molecular complexity index is 926. The number of hydrogen-bond acceptors (Lipinski definition) is 4. The highest BCUT2D eigenvalue weighted by Gasteiger charge is 2.29. The first-order chi connectivity index (χ1) is 12.8. The number of benzene rings is 2. The molecule has 6 nitrogen and oxygen atoms in total. The second-order valence-electron chi connectivity index (χ2n) is 6.55. The number of piperazine rings is 1. The summed E-state index contributed by atoms with van der Waals surface area (Å²) in [6, 6.07) is 13.4. The predicted octanol–water partition coefficient (Wildman–Crippen LogP) is 2.55. The van der Waals surface area contributed by atoms with Crippen LogP contribution in [0, 0.1) is 0 Å². The van der Waals surface area contributed by atoms with Crippen molar-refractivity contribution in [1.29, 1.82) is 0 Å². The zero-order chi connectivity index (χ0) is 19.6. The number of hydrogen-bond donors (Lipinski definition) is 0. The van der Waals surface area contributed by atoms with Crippen LogP contribution in [-0.4, -0.2) is 63.8 Å². The van der Waals surface area contributed by atoms with E-state index in [1.807, 2.05) is 25.2 Å². The van der Waals surface area contributed by atoms with Crippen LogP contribution in [0.3, 0.4) is 0 Å². The van der Waals surface area contributed by atoms with E-state index in [0.717, 1.165) is 0 Å². The Morgan fingerprint density at radius 3 is 2.30 bits per heavy atom. The van der Waals surface area contributed by atoms with Gasteiger partial charge < -0.3 is 9.80 Å². The molecular formula is C19H22ClN3O3S. The third-order valence-electron chi connectivity index (χ3n) is 4.72. The van der Waals surface area contributed by atoms with Gasteiger partial charge in [0.25, 0.3) is 5.91 Å². The fraction of sp³-hybridized carbons (Fsp3) is 0.316. The number of para-hydroxylation sites is 1. The monoisotopic (exact) mass is 407 g/mol. The van der Waals surface area contributed by atoms with Crippen molar-refractivity contribution < 1.29 is 13.2 Å². The minimum atomic E-state index is -3.67. The molecule has 1 aliphatic heterocycles. The molecule has 0 aliphatic carbocycles. The predicted molar refractivity (Wildman–Crippen MR) is 107 cm³/mol. The molecule has 1 fully saturated rings. The standard InChI is InChI=1S/C19H22ClN3O3S/c1-21-10-12-23(13-11-21)27(25,26)16-8-9-18(20)17(14-16)19(24)22(2)15-6-4-3-5-7-15/h3-9,14H,10-13H2,1-2H3. The van der Waals surface area contributed by atoms with Gasteiger partial charge >= 0.3 is 0 Å². The van der Waals surface area contributed by atoms with Gasteiger partial charge in [-0.3, -0.25) is 4.79 Å². The quantitative estimate of drug-likeness (QED) is 0.781. The fourth-order valence-corrected chi connectivity index (χ4v) is 4.60. The van der Waals surface area contributed by atoms with Crippen LogP contribution in [0.15, 0.2) is 53.4 Å². The molecule has 144 valence electrons. The van der Waals surface area contributed by atoms with Gasteiger partial charge in [-0.15, -0.1) is 0 Å². The number of carbonyl (C=O) groups excluding carboxylic acids is 1. The van der Waals surface area contributed by atoms with E-state index >= 15 is 0 Å². The maximum Gasteiger partial charge on any atom is 0.259 e. The van der Waals surface area contributed by atoms with Gasteiger partial charge in [-0.25, -0.2) is 8.42 Å². The number of carbonyl (C=O) groups is 1. The number of anilines is 1. The number of likely N-dealkylation sites (N-methyl/N-ethyl adjacent to an activating group) is 1. The van der Waals surface area contributed by atoms with Crippen molar-refractivity contribution in [2.24, 2.45) is 0 Å². The normalized spacial score (nSPS) is 16.3. The molecule has 0 saturated carbocycles. The van der Waals surface area contributed by atoms with E-state index in [1.54, 1.807) is 19.2 Å². The first-order valence-electron chi connectivity index (χ1n) is 8.62. The van der Waals surface area contributed by atoms with Gasteiger partial charge in [-0.1, -0.05) is 29.8 Å². The largest absolute Gasteiger partial charge is 0.311 e. The van der Waals surface area contributed by atoms with Crippen molar-refractivity contribution in [3.63, 3.8) is 0 Å². The topological polar surface area (TPSA) is 60.9 Å². The Morgan fingerprint density at radius 1 is 1.04 bits per heavy atom. The first kappa shape index (κ1) is 19.8. The van der Waals surface area contributed by atoms with Gasteiger partial charge in [0.05, 0.1) is 15.5 Å². The summed E-state index contributed by atoms with van der Waals surface area (Å²) >= 11 is 6.22. The van der Waals surface area contributed by atoms with Crippen molar-refractivity contribution in [2.45, 2.75) is 4.90 Å².